The van der Waals surface area contributed by atoms with E-state index in [9.17, 15) is 14.4 Å². The highest BCUT2D eigenvalue weighted by Crippen LogP contribution is 2.26. The first-order valence-corrected chi connectivity index (χ1v) is 9.52. The lowest BCUT2D eigenvalue weighted by molar-refractivity contribution is -0.126. The first kappa shape index (κ1) is 19.1. The number of nitrogens with one attached hydrogen (secondary N) is 2. The van der Waals surface area contributed by atoms with Gasteiger partial charge in [-0.25, -0.2) is 0 Å². The van der Waals surface area contributed by atoms with Gasteiger partial charge in [0.25, 0.3) is 5.91 Å². The van der Waals surface area contributed by atoms with Gasteiger partial charge < -0.3 is 4.90 Å². The van der Waals surface area contributed by atoms with Crippen LogP contribution in [0.4, 0.5) is 5.69 Å². The molecule has 2 aromatic carbocycles. The van der Waals surface area contributed by atoms with E-state index in [1.807, 2.05) is 43.3 Å². The lowest BCUT2D eigenvalue weighted by Crippen LogP contribution is -2.45. The smallest absolute Gasteiger partial charge is 0.269 e. The maximum absolute atomic E-state index is 12.3. The Labute approximate surface area is 166 Å². The second kappa shape index (κ2) is 8.35. The van der Waals surface area contributed by atoms with Gasteiger partial charge in [-0.15, -0.1) is 0 Å². The highest BCUT2D eigenvalue weighted by molar-refractivity contribution is 9.10. The number of hydrogen-bond acceptors (Lipinski definition) is 3. The van der Waals surface area contributed by atoms with Gasteiger partial charge in [-0.2, -0.15) is 0 Å². The van der Waals surface area contributed by atoms with Crippen molar-refractivity contribution >= 4 is 39.3 Å². The Hall–Kier alpha value is -2.67. The van der Waals surface area contributed by atoms with E-state index in [1.165, 1.54) is 0 Å². The van der Waals surface area contributed by atoms with E-state index >= 15 is 0 Å². The molecule has 140 valence electrons. The monoisotopic (exact) mass is 429 g/mol. The van der Waals surface area contributed by atoms with Crippen molar-refractivity contribution in [1.82, 2.24) is 10.9 Å². The average Bonchev–Trinajstić information content (AvgIpc) is 3.08. The maximum Gasteiger partial charge on any atom is 0.269 e. The van der Waals surface area contributed by atoms with Crippen molar-refractivity contribution < 1.29 is 14.4 Å². The number of rotatable bonds is 4. The summed E-state index contributed by atoms with van der Waals surface area (Å²) in [5, 5.41) is 0. The van der Waals surface area contributed by atoms with Crippen LogP contribution < -0.4 is 15.8 Å². The van der Waals surface area contributed by atoms with Crippen LogP contribution in [0.5, 0.6) is 0 Å². The zero-order valence-electron chi connectivity index (χ0n) is 14.9. The van der Waals surface area contributed by atoms with Crippen molar-refractivity contribution in [2.24, 2.45) is 5.92 Å². The first-order chi connectivity index (χ1) is 13.0. The molecule has 27 heavy (non-hydrogen) atoms. The van der Waals surface area contributed by atoms with Gasteiger partial charge in [0.1, 0.15) is 0 Å². The van der Waals surface area contributed by atoms with Gasteiger partial charge in [0.2, 0.25) is 11.8 Å². The number of carbonyl (C=O) groups excluding carboxylic acids is 3. The Morgan fingerprint density at radius 3 is 2.37 bits per heavy atom. The van der Waals surface area contributed by atoms with Crippen molar-refractivity contribution in [2.75, 3.05) is 11.4 Å². The van der Waals surface area contributed by atoms with Crippen molar-refractivity contribution in [3.8, 4) is 0 Å². The van der Waals surface area contributed by atoms with Crippen molar-refractivity contribution in [1.29, 1.82) is 0 Å². The molecule has 1 unspecified atom stereocenters. The van der Waals surface area contributed by atoms with Gasteiger partial charge >= 0.3 is 0 Å². The predicted molar refractivity (Wildman–Crippen MR) is 106 cm³/mol. The summed E-state index contributed by atoms with van der Waals surface area (Å²) in [6.07, 6.45) is 1.01. The van der Waals surface area contributed by atoms with E-state index in [4.69, 9.17) is 0 Å². The van der Waals surface area contributed by atoms with Gasteiger partial charge in [-0.1, -0.05) is 35.0 Å². The molecule has 1 atom stereocenters. The van der Waals surface area contributed by atoms with Crippen LogP contribution in [-0.2, 0) is 16.0 Å². The maximum atomic E-state index is 12.3. The molecule has 1 heterocycles. The fourth-order valence-corrected chi connectivity index (χ4v) is 3.20. The third-order valence-electron chi connectivity index (χ3n) is 4.56. The number of amides is 3. The van der Waals surface area contributed by atoms with Crippen molar-refractivity contribution in [3.05, 3.63) is 64.1 Å². The zero-order chi connectivity index (χ0) is 19.4. The predicted octanol–water partition coefficient (Wildman–Crippen LogP) is 2.83. The molecule has 1 fully saturated rings. The average molecular weight is 430 g/mol. The summed E-state index contributed by atoms with van der Waals surface area (Å²) in [4.78, 5) is 38.3. The highest BCUT2D eigenvalue weighted by Gasteiger charge is 2.35. The number of hydrogen-bond donors (Lipinski definition) is 2. The van der Waals surface area contributed by atoms with Gasteiger partial charge in [0, 0.05) is 28.7 Å². The summed E-state index contributed by atoms with van der Waals surface area (Å²) in [6, 6.07) is 14.5. The molecule has 1 saturated heterocycles. The molecule has 2 aromatic rings. The second-order valence-electron chi connectivity index (χ2n) is 6.38. The molecule has 3 amide bonds. The molecule has 0 bridgehead atoms. The number of benzene rings is 2. The van der Waals surface area contributed by atoms with Crippen LogP contribution in [0, 0.1) is 5.92 Å². The van der Waals surface area contributed by atoms with E-state index in [-0.39, 0.29) is 30.7 Å². The van der Waals surface area contributed by atoms with Gasteiger partial charge in [-0.05, 0) is 48.4 Å². The van der Waals surface area contributed by atoms with E-state index in [1.54, 1.807) is 17.0 Å². The number of carbonyl (C=O) groups is 3. The largest absolute Gasteiger partial charge is 0.312 e. The quantitative estimate of drug-likeness (QED) is 0.733. The fourth-order valence-electron chi connectivity index (χ4n) is 2.94. The minimum absolute atomic E-state index is 0.112. The second-order valence-corrected chi connectivity index (χ2v) is 7.29. The minimum Gasteiger partial charge on any atom is -0.312 e. The van der Waals surface area contributed by atoms with E-state index < -0.39 is 5.92 Å². The molecular formula is C20H20BrN3O3. The van der Waals surface area contributed by atoms with E-state index in [0.29, 0.717) is 5.56 Å². The Bertz CT molecular complexity index is 850. The number of halogens is 1. The lowest BCUT2D eigenvalue weighted by Gasteiger charge is -2.17. The topological polar surface area (TPSA) is 78.5 Å². The van der Waals surface area contributed by atoms with Crippen LogP contribution in [-0.4, -0.2) is 24.3 Å². The van der Waals surface area contributed by atoms with Crippen LogP contribution in [0.15, 0.2) is 53.0 Å². The number of hydrazine groups is 1. The summed E-state index contributed by atoms with van der Waals surface area (Å²) in [5.74, 6) is -1.38. The van der Waals surface area contributed by atoms with Gasteiger partial charge in [0.05, 0.1) is 5.92 Å². The Morgan fingerprint density at radius 1 is 1.07 bits per heavy atom. The third kappa shape index (κ3) is 4.54. The molecule has 2 N–H and O–H groups in total. The zero-order valence-corrected chi connectivity index (χ0v) is 16.5. The van der Waals surface area contributed by atoms with Crippen LogP contribution in [0.3, 0.4) is 0 Å². The van der Waals surface area contributed by atoms with E-state index in [2.05, 4.69) is 26.8 Å². The molecule has 6 nitrogen and oxygen atoms in total. The standard InChI is InChI=1S/C20H20BrN3O3/c1-2-13-3-5-14(6-4-13)19(26)22-23-20(27)15-11-18(25)24(12-15)17-9-7-16(21)8-10-17/h3-10,15H,2,11-12H2,1H3,(H,22,26)(H,23,27). The van der Waals surface area contributed by atoms with E-state index in [0.717, 1.165) is 22.1 Å². The molecule has 0 spiro atoms. The van der Waals surface area contributed by atoms with Crippen LogP contribution in [0.25, 0.3) is 0 Å². The molecule has 7 heteroatoms. The summed E-state index contributed by atoms with van der Waals surface area (Å²) in [6.45, 7) is 2.32. The van der Waals surface area contributed by atoms with Crippen LogP contribution in [0.1, 0.15) is 29.3 Å². The van der Waals surface area contributed by atoms with Crippen LogP contribution in [0.2, 0.25) is 0 Å². The molecule has 0 saturated carbocycles. The number of aryl methyl sites for hydroxylation is 1. The Morgan fingerprint density at radius 2 is 1.74 bits per heavy atom. The fraction of sp³-hybridized carbons (Fsp3) is 0.250. The summed E-state index contributed by atoms with van der Waals surface area (Å²) in [5.41, 5.74) is 7.19. The molecule has 3 rings (SSSR count). The van der Waals surface area contributed by atoms with Gasteiger partial charge in [0.15, 0.2) is 0 Å². The molecule has 0 aromatic heterocycles. The highest BCUT2D eigenvalue weighted by atomic mass is 79.9. The normalized spacial score (nSPS) is 16.3. The summed E-state index contributed by atoms with van der Waals surface area (Å²) >= 11 is 3.36. The van der Waals surface area contributed by atoms with Crippen molar-refractivity contribution in [2.45, 2.75) is 19.8 Å². The number of nitrogens with zero attached hydrogens (tertiary/aromatic N) is 1. The molecule has 1 aliphatic rings. The van der Waals surface area contributed by atoms with Gasteiger partial charge in [-0.3, -0.25) is 25.2 Å². The summed E-state index contributed by atoms with van der Waals surface area (Å²) in [7, 11) is 0. The lowest BCUT2D eigenvalue weighted by atomic mass is 10.1. The molecule has 1 aliphatic heterocycles. The molecule has 0 radical (unpaired) electrons. The third-order valence-corrected chi connectivity index (χ3v) is 5.09. The van der Waals surface area contributed by atoms with Crippen LogP contribution >= 0.6 is 15.9 Å². The SMILES string of the molecule is CCc1ccc(C(=O)NNC(=O)C2CC(=O)N(c3ccc(Br)cc3)C2)cc1. The summed E-state index contributed by atoms with van der Waals surface area (Å²) < 4.78 is 0.918. The minimum atomic E-state index is -0.510. The Balaban J connectivity index is 1.55. The first-order valence-electron chi connectivity index (χ1n) is 8.73. The Kier molecular flexibility index (Phi) is 5.91. The molecular weight excluding hydrogens is 410 g/mol. The number of anilines is 1. The molecule has 0 aliphatic carbocycles. The van der Waals surface area contributed by atoms with Crippen molar-refractivity contribution in [3.63, 3.8) is 0 Å².